The third-order valence-corrected chi connectivity index (χ3v) is 4.32. The van der Waals surface area contributed by atoms with Gasteiger partial charge in [0.05, 0.1) is 18.2 Å². The molecule has 2 unspecified atom stereocenters. The Hall–Kier alpha value is -1.10. The van der Waals surface area contributed by atoms with Crippen LogP contribution in [0.3, 0.4) is 0 Å². The molecule has 110 valence electrons. The van der Waals surface area contributed by atoms with Crippen LogP contribution in [-0.4, -0.2) is 55.8 Å². The summed E-state index contributed by atoms with van der Waals surface area (Å²) in [4.78, 5) is 6.43. The molecule has 0 amide bonds. The van der Waals surface area contributed by atoms with Crippen LogP contribution in [0.4, 0.5) is 0 Å². The van der Waals surface area contributed by atoms with Gasteiger partial charge in [0.15, 0.2) is 0 Å². The van der Waals surface area contributed by atoms with Crippen LogP contribution in [0.1, 0.15) is 33.6 Å². The van der Waals surface area contributed by atoms with Crippen LogP contribution in [0.5, 0.6) is 0 Å². The highest BCUT2D eigenvalue weighted by Crippen LogP contribution is 2.37. The van der Waals surface area contributed by atoms with E-state index < -0.39 is 0 Å². The van der Waals surface area contributed by atoms with Gasteiger partial charge in [-0.1, -0.05) is 13.8 Å². The lowest BCUT2D eigenvalue weighted by Crippen LogP contribution is -2.64. The van der Waals surface area contributed by atoms with Crippen LogP contribution < -0.4 is 10.6 Å². The first kappa shape index (κ1) is 16.0. The molecule has 0 aromatic carbocycles. The number of hydrogen-bond acceptors (Lipinski definition) is 3. The standard InChI is InChI=1S/C14H29N5/c1-11(2)14(7-6-8-19(14)5)13(18-12(3)15)9-17-10-16-4/h10-11,13H,6-9H2,1-5H3,(H2,15,18)(H,16,17). The number of aliphatic imine (C=N–C) groups is 1. The van der Waals surface area contributed by atoms with E-state index in [0.717, 1.165) is 13.1 Å². The van der Waals surface area contributed by atoms with Crippen LogP contribution in [-0.2, 0) is 0 Å². The summed E-state index contributed by atoms with van der Waals surface area (Å²) in [6.45, 7) is 8.29. The van der Waals surface area contributed by atoms with Crippen LogP contribution in [0.2, 0.25) is 0 Å². The molecule has 0 radical (unpaired) electrons. The average molecular weight is 267 g/mol. The minimum atomic E-state index is 0.108. The van der Waals surface area contributed by atoms with Crippen molar-refractivity contribution in [2.45, 2.75) is 45.2 Å². The molecule has 3 N–H and O–H groups in total. The average Bonchev–Trinajstić information content (AvgIpc) is 2.70. The number of amidine groups is 1. The lowest BCUT2D eigenvalue weighted by molar-refractivity contribution is 0.0772. The minimum absolute atomic E-state index is 0.108. The highest BCUT2D eigenvalue weighted by molar-refractivity contribution is 5.76. The van der Waals surface area contributed by atoms with Crippen LogP contribution >= 0.6 is 0 Å². The van der Waals surface area contributed by atoms with Crippen LogP contribution in [0.15, 0.2) is 4.99 Å². The van der Waals surface area contributed by atoms with Crippen molar-refractivity contribution in [3.05, 3.63) is 0 Å². The molecule has 0 saturated carbocycles. The molecule has 1 aliphatic heterocycles. The number of nitrogens with one attached hydrogen (secondary N) is 3. The minimum Gasteiger partial charge on any atom is -0.374 e. The van der Waals surface area contributed by atoms with E-state index in [1.165, 1.54) is 12.8 Å². The molecule has 1 aliphatic rings. The van der Waals surface area contributed by atoms with Crippen molar-refractivity contribution >= 4 is 12.2 Å². The molecule has 0 aliphatic carbocycles. The molecule has 5 nitrogen and oxygen atoms in total. The van der Waals surface area contributed by atoms with E-state index in [4.69, 9.17) is 5.41 Å². The summed E-state index contributed by atoms with van der Waals surface area (Å²) in [6, 6.07) is 0.218. The molecule has 0 spiro atoms. The molecule has 1 rings (SSSR count). The van der Waals surface area contributed by atoms with E-state index in [1.54, 1.807) is 13.4 Å². The van der Waals surface area contributed by atoms with Crippen LogP contribution in [0, 0.1) is 11.3 Å². The Morgan fingerprint density at radius 3 is 2.63 bits per heavy atom. The molecular formula is C14H29N5. The van der Waals surface area contributed by atoms with Gasteiger partial charge in [-0.15, -0.1) is 0 Å². The highest BCUT2D eigenvalue weighted by Gasteiger charge is 2.47. The Bertz CT molecular complexity index is 326. The second kappa shape index (κ2) is 6.89. The van der Waals surface area contributed by atoms with Gasteiger partial charge in [-0.05, 0) is 39.3 Å². The van der Waals surface area contributed by atoms with Gasteiger partial charge in [0.2, 0.25) is 0 Å². The van der Waals surface area contributed by atoms with Gasteiger partial charge >= 0.3 is 0 Å². The van der Waals surface area contributed by atoms with E-state index in [1.807, 2.05) is 6.92 Å². The summed E-state index contributed by atoms with van der Waals surface area (Å²) in [7, 11) is 3.96. The number of likely N-dealkylation sites (tertiary alicyclic amines) is 1. The number of hydrogen-bond donors (Lipinski definition) is 3. The summed E-state index contributed by atoms with van der Waals surface area (Å²) < 4.78 is 0. The second-order valence-electron chi connectivity index (χ2n) is 5.79. The van der Waals surface area contributed by atoms with Gasteiger partial charge in [-0.2, -0.15) is 0 Å². The fraction of sp³-hybridized carbons (Fsp3) is 0.857. The number of rotatable bonds is 6. The summed E-state index contributed by atoms with van der Waals surface area (Å²) >= 11 is 0. The number of likely N-dealkylation sites (N-methyl/N-ethyl adjacent to an activating group) is 1. The molecule has 1 saturated heterocycles. The largest absolute Gasteiger partial charge is 0.374 e. The fourth-order valence-corrected chi connectivity index (χ4v) is 3.45. The first-order chi connectivity index (χ1) is 8.95. The lowest BCUT2D eigenvalue weighted by Gasteiger charge is -2.46. The van der Waals surface area contributed by atoms with Gasteiger partial charge < -0.3 is 10.6 Å². The molecule has 0 bridgehead atoms. The van der Waals surface area contributed by atoms with Crippen molar-refractivity contribution in [1.82, 2.24) is 15.5 Å². The van der Waals surface area contributed by atoms with Crippen molar-refractivity contribution in [3.8, 4) is 0 Å². The van der Waals surface area contributed by atoms with Crippen molar-refractivity contribution in [2.24, 2.45) is 10.9 Å². The van der Waals surface area contributed by atoms with E-state index in [-0.39, 0.29) is 11.6 Å². The van der Waals surface area contributed by atoms with Crippen molar-refractivity contribution in [1.29, 1.82) is 5.41 Å². The smallest absolute Gasteiger partial charge is 0.0903 e. The van der Waals surface area contributed by atoms with E-state index in [0.29, 0.717) is 11.8 Å². The SMILES string of the molecule is CN=CNCC(NC(C)=N)C1(C(C)C)CCCN1C. The Kier molecular flexibility index (Phi) is 5.79. The Labute approximate surface area is 117 Å². The van der Waals surface area contributed by atoms with Crippen molar-refractivity contribution in [3.63, 3.8) is 0 Å². The Morgan fingerprint density at radius 1 is 1.53 bits per heavy atom. The molecule has 1 heterocycles. The lowest BCUT2D eigenvalue weighted by atomic mass is 9.77. The maximum atomic E-state index is 7.77. The van der Waals surface area contributed by atoms with Crippen LogP contribution in [0.25, 0.3) is 0 Å². The second-order valence-corrected chi connectivity index (χ2v) is 5.79. The molecule has 1 fully saturated rings. The monoisotopic (exact) mass is 267 g/mol. The third kappa shape index (κ3) is 3.47. The molecule has 5 heteroatoms. The van der Waals surface area contributed by atoms with Gasteiger partial charge in [0.1, 0.15) is 0 Å². The summed E-state index contributed by atoms with van der Waals surface area (Å²) in [5.74, 6) is 1.07. The Morgan fingerprint density at radius 2 is 2.21 bits per heavy atom. The normalized spacial score (nSPS) is 26.0. The molecule has 19 heavy (non-hydrogen) atoms. The van der Waals surface area contributed by atoms with Gasteiger partial charge in [0.25, 0.3) is 0 Å². The van der Waals surface area contributed by atoms with Gasteiger partial charge in [-0.3, -0.25) is 15.3 Å². The maximum absolute atomic E-state index is 7.77. The number of nitrogens with zero attached hydrogens (tertiary/aromatic N) is 2. The summed E-state index contributed by atoms with van der Waals surface area (Å²) in [5.41, 5.74) is 0.108. The third-order valence-electron chi connectivity index (χ3n) is 4.32. The summed E-state index contributed by atoms with van der Waals surface area (Å²) in [6.07, 6.45) is 4.14. The molecule has 0 aromatic rings. The molecular weight excluding hydrogens is 238 g/mol. The first-order valence-electron chi connectivity index (χ1n) is 7.12. The zero-order chi connectivity index (χ0) is 14.5. The zero-order valence-electron chi connectivity index (χ0n) is 13.0. The van der Waals surface area contributed by atoms with Crippen molar-refractivity contribution < 1.29 is 0 Å². The van der Waals surface area contributed by atoms with Gasteiger partial charge in [-0.25, -0.2) is 0 Å². The first-order valence-corrected chi connectivity index (χ1v) is 7.12. The predicted molar refractivity (Wildman–Crippen MR) is 82.2 cm³/mol. The highest BCUT2D eigenvalue weighted by atomic mass is 15.2. The van der Waals surface area contributed by atoms with Crippen molar-refractivity contribution in [2.75, 3.05) is 27.2 Å². The molecule has 0 aromatic heterocycles. The topological polar surface area (TPSA) is 63.5 Å². The van der Waals surface area contributed by atoms with Gasteiger partial charge in [0, 0.05) is 19.1 Å². The predicted octanol–water partition coefficient (Wildman–Crippen LogP) is 1.31. The Balaban J connectivity index is 2.93. The zero-order valence-corrected chi connectivity index (χ0v) is 13.0. The van der Waals surface area contributed by atoms with E-state index in [2.05, 4.69) is 41.4 Å². The fourth-order valence-electron chi connectivity index (χ4n) is 3.45. The molecule has 2 atom stereocenters. The van der Waals surface area contributed by atoms with E-state index >= 15 is 0 Å². The van der Waals surface area contributed by atoms with E-state index in [9.17, 15) is 0 Å². The maximum Gasteiger partial charge on any atom is 0.0903 e. The quantitative estimate of drug-likeness (QED) is 0.502. The summed E-state index contributed by atoms with van der Waals surface area (Å²) in [5, 5.41) is 14.4.